The Morgan fingerprint density at radius 2 is 2.00 bits per heavy atom. The quantitative estimate of drug-likeness (QED) is 0.315. The number of rotatable bonds is 2. The van der Waals surface area contributed by atoms with E-state index in [-0.39, 0.29) is 24.8 Å². The van der Waals surface area contributed by atoms with Gasteiger partial charge in [0.1, 0.15) is 0 Å². The molecular formula is C5H13IN-. The Hall–Kier alpha value is 0.690. The van der Waals surface area contributed by atoms with E-state index in [0.717, 1.165) is 0 Å². The Kier molecular flexibility index (Phi) is 3.15. The van der Waals surface area contributed by atoms with Gasteiger partial charge < -0.3 is 0 Å². The average molecular weight is 214 g/mol. The van der Waals surface area contributed by atoms with Crippen LogP contribution in [0.1, 0.15) is 20.8 Å². The fourth-order valence-electron chi connectivity index (χ4n) is 0.344. The second kappa shape index (κ2) is 2.87. The first-order chi connectivity index (χ1) is 3.06. The summed E-state index contributed by atoms with van der Waals surface area (Å²) >= 11 is 0.263. The van der Waals surface area contributed by atoms with Crippen LogP contribution in [0.4, 0.5) is 0 Å². The molecule has 1 nitrogen and oxygen atoms in total. The summed E-state index contributed by atoms with van der Waals surface area (Å²) in [6.45, 7) is 6.40. The van der Waals surface area contributed by atoms with Crippen LogP contribution in [-0.4, -0.2) is 7.97 Å². The standard InChI is InChI=1S/C5H13IN/c1-4-6-5(2,3)7/h4,7H2,1-3H3/q-1. The summed E-state index contributed by atoms with van der Waals surface area (Å²) in [5, 5.41) is 0. The Balaban J connectivity index is 3.15. The van der Waals surface area contributed by atoms with Gasteiger partial charge in [-0.15, -0.1) is 0 Å². The van der Waals surface area contributed by atoms with Crippen molar-refractivity contribution in [2.75, 3.05) is 4.43 Å². The van der Waals surface area contributed by atoms with E-state index >= 15 is 0 Å². The number of hydrogen-bond donors (Lipinski definition) is 1. The predicted octanol–water partition coefficient (Wildman–Crippen LogP) is -2.21. The van der Waals surface area contributed by atoms with Gasteiger partial charge >= 0.3 is 55.7 Å². The fourth-order valence-corrected chi connectivity index (χ4v) is 2.31. The third-order valence-electron chi connectivity index (χ3n) is 0.478. The summed E-state index contributed by atoms with van der Waals surface area (Å²) < 4.78 is 1.45. The molecule has 0 radical (unpaired) electrons. The van der Waals surface area contributed by atoms with Crippen LogP contribution in [0.25, 0.3) is 0 Å². The molecule has 0 fully saturated rings. The fraction of sp³-hybridized carbons (Fsp3) is 1.00. The molecule has 0 saturated carbocycles. The Labute approximate surface area is 55.9 Å². The molecule has 0 aliphatic heterocycles. The van der Waals surface area contributed by atoms with Gasteiger partial charge in [-0.25, -0.2) is 0 Å². The van der Waals surface area contributed by atoms with Gasteiger partial charge in [-0.3, -0.25) is 0 Å². The van der Waals surface area contributed by atoms with Crippen molar-refractivity contribution in [2.24, 2.45) is 5.73 Å². The number of hydrogen-bond acceptors (Lipinski definition) is 1. The molecule has 0 amide bonds. The van der Waals surface area contributed by atoms with Gasteiger partial charge in [0.05, 0.1) is 0 Å². The molecule has 0 unspecified atom stereocenters. The molecule has 0 aliphatic carbocycles. The summed E-state index contributed by atoms with van der Waals surface area (Å²) in [4.78, 5) is 0. The molecule has 0 aromatic carbocycles. The van der Waals surface area contributed by atoms with E-state index in [1.54, 1.807) is 0 Å². The third-order valence-corrected chi connectivity index (χ3v) is 3.21. The summed E-state index contributed by atoms with van der Waals surface area (Å²) in [5.41, 5.74) is 5.69. The molecular weight excluding hydrogens is 201 g/mol. The molecule has 2 N–H and O–H groups in total. The van der Waals surface area contributed by atoms with Crippen LogP contribution in [0.15, 0.2) is 0 Å². The van der Waals surface area contributed by atoms with Crippen molar-refractivity contribution in [3.05, 3.63) is 0 Å². The summed E-state index contributed by atoms with van der Waals surface area (Å²) in [6.07, 6.45) is 0. The van der Waals surface area contributed by atoms with Crippen molar-refractivity contribution >= 4 is 0 Å². The van der Waals surface area contributed by atoms with E-state index < -0.39 is 0 Å². The van der Waals surface area contributed by atoms with Crippen LogP contribution in [-0.2, 0) is 0 Å². The van der Waals surface area contributed by atoms with E-state index in [0.29, 0.717) is 0 Å². The van der Waals surface area contributed by atoms with Crippen molar-refractivity contribution in [1.29, 1.82) is 0 Å². The number of nitrogens with two attached hydrogens (primary N) is 1. The Morgan fingerprint density at radius 1 is 1.57 bits per heavy atom. The second-order valence-corrected chi connectivity index (χ2v) is 7.03. The van der Waals surface area contributed by atoms with Crippen LogP contribution >= 0.6 is 0 Å². The molecule has 0 saturated heterocycles. The summed E-state index contributed by atoms with van der Waals surface area (Å²) in [7, 11) is 0. The Bertz CT molecular complexity index is 46.5. The molecule has 46 valence electrons. The maximum absolute atomic E-state index is 5.69. The molecule has 0 heterocycles. The first-order valence-electron chi connectivity index (χ1n) is 2.45. The number of alkyl halides is 2. The van der Waals surface area contributed by atoms with Crippen LogP contribution in [0.5, 0.6) is 0 Å². The second-order valence-electron chi connectivity index (χ2n) is 1.97. The minimum absolute atomic E-state index is 0.160. The molecule has 0 aliphatic rings. The van der Waals surface area contributed by atoms with E-state index in [1.807, 2.05) is 0 Å². The summed E-state index contributed by atoms with van der Waals surface area (Å²) in [6, 6.07) is 0. The van der Waals surface area contributed by atoms with E-state index in [1.165, 1.54) is 4.43 Å². The van der Waals surface area contributed by atoms with Gasteiger partial charge in [0.2, 0.25) is 0 Å². The molecule has 2 heteroatoms. The van der Waals surface area contributed by atoms with Gasteiger partial charge in [-0.1, -0.05) is 0 Å². The zero-order valence-electron chi connectivity index (χ0n) is 5.16. The van der Waals surface area contributed by atoms with E-state index in [4.69, 9.17) is 5.73 Å². The van der Waals surface area contributed by atoms with Gasteiger partial charge in [-0.2, -0.15) is 0 Å². The van der Waals surface area contributed by atoms with Crippen molar-refractivity contribution in [1.82, 2.24) is 0 Å². The topological polar surface area (TPSA) is 26.0 Å². The monoisotopic (exact) mass is 214 g/mol. The number of halogens is 1. The molecule has 0 aromatic rings. The zero-order chi connectivity index (χ0) is 5.91. The molecule has 7 heavy (non-hydrogen) atoms. The van der Waals surface area contributed by atoms with Gasteiger partial charge in [0.15, 0.2) is 0 Å². The SMILES string of the molecule is CC[I-]C(C)(C)N. The van der Waals surface area contributed by atoms with Crippen molar-refractivity contribution < 1.29 is 21.2 Å². The van der Waals surface area contributed by atoms with Gasteiger partial charge in [0, 0.05) is 0 Å². The molecule has 0 rings (SSSR count). The maximum atomic E-state index is 5.69. The average Bonchev–Trinajstić information content (AvgIpc) is 1.30. The Morgan fingerprint density at radius 3 is 2.00 bits per heavy atom. The summed E-state index contributed by atoms with van der Waals surface area (Å²) in [5.74, 6) is 0. The molecule has 0 bridgehead atoms. The van der Waals surface area contributed by atoms with Gasteiger partial charge in [0.25, 0.3) is 0 Å². The van der Waals surface area contributed by atoms with Crippen molar-refractivity contribution in [3.8, 4) is 0 Å². The van der Waals surface area contributed by atoms with Crippen LogP contribution in [0.3, 0.4) is 0 Å². The first kappa shape index (κ1) is 7.69. The van der Waals surface area contributed by atoms with E-state index in [9.17, 15) is 0 Å². The van der Waals surface area contributed by atoms with Crippen LogP contribution in [0, 0.1) is 0 Å². The molecule has 0 spiro atoms. The normalized spacial score (nSPS) is 12.6. The molecule has 0 atom stereocenters. The first-order valence-corrected chi connectivity index (χ1v) is 5.06. The van der Waals surface area contributed by atoms with E-state index in [2.05, 4.69) is 20.8 Å². The third kappa shape index (κ3) is 6.69. The van der Waals surface area contributed by atoms with Crippen molar-refractivity contribution in [3.63, 3.8) is 0 Å². The van der Waals surface area contributed by atoms with Crippen LogP contribution in [0.2, 0.25) is 0 Å². The predicted molar refractivity (Wildman–Crippen MR) is 28.8 cm³/mol. The minimum atomic E-state index is 0.160. The zero-order valence-corrected chi connectivity index (χ0v) is 7.32. The van der Waals surface area contributed by atoms with Crippen molar-refractivity contribution in [2.45, 2.75) is 24.3 Å². The van der Waals surface area contributed by atoms with Gasteiger partial charge in [-0.05, 0) is 0 Å². The molecule has 0 aromatic heterocycles. The van der Waals surface area contributed by atoms with Crippen LogP contribution < -0.4 is 26.9 Å².